The average Bonchev–Trinajstić information content (AvgIpc) is 2.17. The summed E-state index contributed by atoms with van der Waals surface area (Å²) in [5.74, 6) is 0. The summed E-state index contributed by atoms with van der Waals surface area (Å²) in [6.07, 6.45) is 5.88. The van der Waals surface area contributed by atoms with Crippen molar-refractivity contribution < 1.29 is 0 Å². The van der Waals surface area contributed by atoms with Crippen molar-refractivity contribution in [3.8, 4) is 0 Å². The SMILES string of the molecule is CSc1ccc(Cl)c(/C=C/CN)c1. The van der Waals surface area contributed by atoms with Crippen LogP contribution in [0, 0.1) is 0 Å². The van der Waals surface area contributed by atoms with Crippen LogP contribution in [-0.4, -0.2) is 12.8 Å². The van der Waals surface area contributed by atoms with Gasteiger partial charge in [-0.05, 0) is 30.0 Å². The lowest BCUT2D eigenvalue weighted by molar-refractivity contribution is 1.26. The maximum absolute atomic E-state index is 5.99. The summed E-state index contributed by atoms with van der Waals surface area (Å²) >= 11 is 7.69. The van der Waals surface area contributed by atoms with E-state index in [1.807, 2.05) is 30.5 Å². The van der Waals surface area contributed by atoms with Gasteiger partial charge in [-0.3, -0.25) is 0 Å². The van der Waals surface area contributed by atoms with Gasteiger partial charge in [-0.15, -0.1) is 11.8 Å². The zero-order valence-electron chi connectivity index (χ0n) is 7.46. The Labute approximate surface area is 88.0 Å². The highest BCUT2D eigenvalue weighted by atomic mass is 35.5. The van der Waals surface area contributed by atoms with Crippen molar-refractivity contribution in [2.24, 2.45) is 5.73 Å². The highest BCUT2D eigenvalue weighted by Crippen LogP contribution is 2.23. The number of hydrogen-bond acceptors (Lipinski definition) is 2. The van der Waals surface area contributed by atoms with E-state index in [2.05, 4.69) is 6.07 Å². The molecule has 0 unspecified atom stereocenters. The first-order valence-electron chi connectivity index (χ1n) is 3.98. The van der Waals surface area contributed by atoms with Crippen molar-refractivity contribution >= 4 is 29.4 Å². The van der Waals surface area contributed by atoms with E-state index >= 15 is 0 Å². The highest BCUT2D eigenvalue weighted by Gasteiger charge is 1.97. The lowest BCUT2D eigenvalue weighted by atomic mass is 10.2. The maximum atomic E-state index is 5.99. The number of rotatable bonds is 3. The van der Waals surface area contributed by atoms with Gasteiger partial charge in [-0.2, -0.15) is 0 Å². The van der Waals surface area contributed by atoms with Crippen molar-refractivity contribution in [1.82, 2.24) is 0 Å². The van der Waals surface area contributed by atoms with Gasteiger partial charge in [-0.1, -0.05) is 23.8 Å². The Morgan fingerprint density at radius 2 is 2.31 bits per heavy atom. The van der Waals surface area contributed by atoms with Gasteiger partial charge < -0.3 is 5.73 Å². The predicted octanol–water partition coefficient (Wildman–Crippen LogP) is 3.03. The first-order valence-corrected chi connectivity index (χ1v) is 5.58. The molecule has 1 rings (SSSR count). The normalized spacial score (nSPS) is 11.0. The molecule has 1 aromatic carbocycles. The van der Waals surface area contributed by atoms with Crippen LogP contribution in [0.15, 0.2) is 29.2 Å². The lowest BCUT2D eigenvalue weighted by Crippen LogP contribution is -1.92. The molecular formula is C10H12ClNS. The molecule has 0 saturated carbocycles. The molecule has 0 fully saturated rings. The Hall–Kier alpha value is -0.440. The van der Waals surface area contributed by atoms with E-state index < -0.39 is 0 Å². The Kier molecular flexibility index (Phi) is 4.36. The average molecular weight is 214 g/mol. The molecule has 1 aromatic rings. The van der Waals surface area contributed by atoms with Crippen LogP contribution in [0.5, 0.6) is 0 Å². The van der Waals surface area contributed by atoms with E-state index in [1.54, 1.807) is 11.8 Å². The molecule has 0 aliphatic carbocycles. The van der Waals surface area contributed by atoms with E-state index in [0.29, 0.717) is 6.54 Å². The molecule has 0 atom stereocenters. The van der Waals surface area contributed by atoms with Crippen LogP contribution in [0.3, 0.4) is 0 Å². The van der Waals surface area contributed by atoms with E-state index in [4.69, 9.17) is 17.3 Å². The van der Waals surface area contributed by atoms with Gasteiger partial charge in [0, 0.05) is 16.5 Å². The Balaban J connectivity index is 2.97. The second kappa shape index (κ2) is 5.32. The van der Waals surface area contributed by atoms with Gasteiger partial charge >= 0.3 is 0 Å². The number of halogens is 1. The first-order chi connectivity index (χ1) is 6.27. The molecule has 3 heteroatoms. The second-order valence-electron chi connectivity index (χ2n) is 2.53. The highest BCUT2D eigenvalue weighted by molar-refractivity contribution is 7.98. The minimum absolute atomic E-state index is 0.541. The van der Waals surface area contributed by atoms with Crippen molar-refractivity contribution in [3.63, 3.8) is 0 Å². The third-order valence-electron chi connectivity index (χ3n) is 1.64. The predicted molar refractivity (Wildman–Crippen MR) is 61.3 cm³/mol. The molecule has 13 heavy (non-hydrogen) atoms. The monoisotopic (exact) mass is 213 g/mol. The second-order valence-corrected chi connectivity index (χ2v) is 3.81. The molecule has 0 saturated heterocycles. The summed E-state index contributed by atoms with van der Waals surface area (Å²) in [7, 11) is 0. The Morgan fingerprint density at radius 1 is 1.54 bits per heavy atom. The molecule has 0 amide bonds. The van der Waals surface area contributed by atoms with Gasteiger partial charge in [0.2, 0.25) is 0 Å². The topological polar surface area (TPSA) is 26.0 Å². The van der Waals surface area contributed by atoms with Gasteiger partial charge in [0.25, 0.3) is 0 Å². The summed E-state index contributed by atoms with van der Waals surface area (Å²) < 4.78 is 0. The Morgan fingerprint density at radius 3 is 2.92 bits per heavy atom. The zero-order chi connectivity index (χ0) is 9.68. The number of benzene rings is 1. The summed E-state index contributed by atoms with van der Waals surface area (Å²) in [5.41, 5.74) is 6.39. The fourth-order valence-electron chi connectivity index (χ4n) is 0.972. The molecule has 0 heterocycles. The van der Waals surface area contributed by atoms with Gasteiger partial charge in [-0.25, -0.2) is 0 Å². The standard InChI is InChI=1S/C10H12ClNS/c1-13-9-4-5-10(11)8(7-9)3-2-6-12/h2-5,7H,6,12H2,1H3/b3-2+. The van der Waals surface area contributed by atoms with Gasteiger partial charge in [0.15, 0.2) is 0 Å². The van der Waals surface area contributed by atoms with Crippen molar-refractivity contribution in [2.45, 2.75) is 4.90 Å². The van der Waals surface area contributed by atoms with Crippen LogP contribution in [0.4, 0.5) is 0 Å². The number of hydrogen-bond donors (Lipinski definition) is 1. The number of thioether (sulfide) groups is 1. The van der Waals surface area contributed by atoms with Crippen molar-refractivity contribution in [3.05, 3.63) is 34.9 Å². The maximum Gasteiger partial charge on any atom is 0.0479 e. The van der Waals surface area contributed by atoms with Gasteiger partial charge in [0.1, 0.15) is 0 Å². The largest absolute Gasteiger partial charge is 0.327 e. The summed E-state index contributed by atoms with van der Waals surface area (Å²) in [6.45, 7) is 0.541. The van der Waals surface area contributed by atoms with E-state index in [-0.39, 0.29) is 0 Å². The van der Waals surface area contributed by atoms with Crippen LogP contribution in [0.1, 0.15) is 5.56 Å². The fourth-order valence-corrected chi connectivity index (χ4v) is 1.60. The molecule has 0 radical (unpaired) electrons. The summed E-state index contributed by atoms with van der Waals surface area (Å²) in [5, 5.41) is 0.766. The molecule has 0 aliphatic heterocycles. The zero-order valence-corrected chi connectivity index (χ0v) is 9.03. The fraction of sp³-hybridized carbons (Fsp3) is 0.200. The number of nitrogens with two attached hydrogens (primary N) is 1. The summed E-state index contributed by atoms with van der Waals surface area (Å²) in [6, 6.07) is 5.97. The quantitative estimate of drug-likeness (QED) is 0.782. The molecule has 0 aliphatic rings. The third-order valence-corrected chi connectivity index (χ3v) is 2.71. The van der Waals surface area contributed by atoms with Crippen LogP contribution in [-0.2, 0) is 0 Å². The minimum atomic E-state index is 0.541. The molecule has 2 N–H and O–H groups in total. The Bertz CT molecular complexity index is 310. The summed E-state index contributed by atoms with van der Waals surface area (Å²) in [4.78, 5) is 1.21. The van der Waals surface area contributed by atoms with Crippen LogP contribution < -0.4 is 5.73 Å². The van der Waals surface area contributed by atoms with E-state index in [0.717, 1.165) is 10.6 Å². The van der Waals surface area contributed by atoms with Crippen LogP contribution in [0.25, 0.3) is 6.08 Å². The van der Waals surface area contributed by atoms with Gasteiger partial charge in [0.05, 0.1) is 0 Å². The van der Waals surface area contributed by atoms with Crippen LogP contribution >= 0.6 is 23.4 Å². The molecule has 0 aromatic heterocycles. The first kappa shape index (κ1) is 10.6. The molecule has 70 valence electrons. The molecule has 1 nitrogen and oxygen atoms in total. The smallest absolute Gasteiger partial charge is 0.0479 e. The lowest BCUT2D eigenvalue weighted by Gasteiger charge is -2.01. The third kappa shape index (κ3) is 3.07. The molecule has 0 bridgehead atoms. The minimum Gasteiger partial charge on any atom is -0.327 e. The van der Waals surface area contributed by atoms with Crippen molar-refractivity contribution in [2.75, 3.05) is 12.8 Å². The van der Waals surface area contributed by atoms with Crippen molar-refractivity contribution in [1.29, 1.82) is 0 Å². The van der Waals surface area contributed by atoms with E-state index in [1.165, 1.54) is 4.90 Å². The van der Waals surface area contributed by atoms with Crippen LogP contribution in [0.2, 0.25) is 5.02 Å². The molecular weight excluding hydrogens is 202 g/mol. The van der Waals surface area contributed by atoms with E-state index in [9.17, 15) is 0 Å². The molecule has 0 spiro atoms.